The molecule has 0 atom stereocenters. The molecule has 0 amide bonds. The molecule has 1 aromatic rings. The topological polar surface area (TPSA) is 85.5 Å². The van der Waals surface area contributed by atoms with E-state index in [1.54, 1.807) is 6.92 Å². The van der Waals surface area contributed by atoms with E-state index in [0.717, 1.165) is 0 Å². The highest BCUT2D eigenvalue weighted by molar-refractivity contribution is 7.89. The van der Waals surface area contributed by atoms with Crippen molar-refractivity contribution in [3.05, 3.63) is 24.0 Å². The molecule has 1 aromatic heterocycles. The van der Waals surface area contributed by atoms with Gasteiger partial charge < -0.3 is 10.5 Å². The Kier molecular flexibility index (Phi) is 6.61. The van der Waals surface area contributed by atoms with Gasteiger partial charge in [0.25, 0.3) is 0 Å². The van der Waals surface area contributed by atoms with Crippen LogP contribution in [0, 0.1) is 11.8 Å². The molecule has 1 heterocycles. The average molecular weight is 297 g/mol. The summed E-state index contributed by atoms with van der Waals surface area (Å²) in [6, 6.07) is 1.50. The van der Waals surface area contributed by atoms with Crippen molar-refractivity contribution in [1.82, 2.24) is 9.29 Å². The predicted molar refractivity (Wildman–Crippen MR) is 76.5 cm³/mol. The van der Waals surface area contributed by atoms with Crippen LogP contribution in [0.3, 0.4) is 0 Å². The molecule has 0 saturated heterocycles. The fourth-order valence-corrected chi connectivity index (χ4v) is 2.99. The maximum atomic E-state index is 12.5. The highest BCUT2D eigenvalue weighted by Gasteiger charge is 2.23. The number of likely N-dealkylation sites (N-methyl/N-ethyl adjacent to an activating group) is 1. The Balaban J connectivity index is 3.07. The monoisotopic (exact) mass is 297 g/mol. The number of ether oxygens (including phenoxy) is 1. The van der Waals surface area contributed by atoms with Gasteiger partial charge in [-0.1, -0.05) is 18.8 Å². The Hall–Kier alpha value is -1.46. The van der Waals surface area contributed by atoms with E-state index in [4.69, 9.17) is 10.5 Å². The van der Waals surface area contributed by atoms with Gasteiger partial charge in [-0.05, 0) is 6.07 Å². The van der Waals surface area contributed by atoms with Crippen molar-refractivity contribution in [2.75, 3.05) is 33.4 Å². The van der Waals surface area contributed by atoms with Gasteiger partial charge in [0, 0.05) is 38.2 Å². The van der Waals surface area contributed by atoms with Crippen LogP contribution in [0.1, 0.15) is 12.5 Å². The van der Waals surface area contributed by atoms with Gasteiger partial charge in [-0.25, -0.2) is 8.42 Å². The zero-order chi connectivity index (χ0) is 15.0. The zero-order valence-corrected chi connectivity index (χ0v) is 12.5. The molecule has 1 rings (SSSR count). The van der Waals surface area contributed by atoms with Crippen LogP contribution in [0.5, 0.6) is 0 Å². The third-order valence-corrected chi connectivity index (χ3v) is 4.52. The van der Waals surface area contributed by atoms with E-state index in [1.807, 2.05) is 0 Å². The van der Waals surface area contributed by atoms with Crippen molar-refractivity contribution in [3.8, 4) is 11.8 Å². The molecule has 0 aliphatic heterocycles. The van der Waals surface area contributed by atoms with Gasteiger partial charge in [0.15, 0.2) is 0 Å². The molecule has 0 unspecified atom stereocenters. The standard InChI is InChI=1S/C13H19N3O3S/c1-3-16(7-8-19-2)20(17,18)13-9-12(5-4-6-14)10-15-11-13/h9-11H,3,6-8,14H2,1-2H3. The summed E-state index contributed by atoms with van der Waals surface area (Å²) in [5.74, 6) is 5.44. The Bertz CT molecular complexity index is 590. The number of aromatic nitrogens is 1. The quantitative estimate of drug-likeness (QED) is 0.750. The lowest BCUT2D eigenvalue weighted by Gasteiger charge is -2.19. The molecule has 0 fully saturated rings. The van der Waals surface area contributed by atoms with Gasteiger partial charge >= 0.3 is 0 Å². The molecule has 0 spiro atoms. The summed E-state index contributed by atoms with van der Waals surface area (Å²) in [4.78, 5) is 4.04. The normalized spacial score (nSPS) is 11.2. The van der Waals surface area contributed by atoms with Crippen LogP contribution in [0.25, 0.3) is 0 Å². The van der Waals surface area contributed by atoms with Crippen LogP contribution >= 0.6 is 0 Å². The molecule has 0 radical (unpaired) electrons. The summed E-state index contributed by atoms with van der Waals surface area (Å²) in [7, 11) is -2.05. The van der Waals surface area contributed by atoms with Crippen LogP contribution in [0.4, 0.5) is 0 Å². The van der Waals surface area contributed by atoms with Gasteiger partial charge in [0.05, 0.1) is 13.2 Å². The highest BCUT2D eigenvalue weighted by atomic mass is 32.2. The highest BCUT2D eigenvalue weighted by Crippen LogP contribution is 2.15. The van der Waals surface area contributed by atoms with Crippen LogP contribution in [-0.2, 0) is 14.8 Å². The maximum absolute atomic E-state index is 12.5. The van der Waals surface area contributed by atoms with E-state index in [-0.39, 0.29) is 11.4 Å². The molecule has 0 bridgehead atoms. The molecular formula is C13H19N3O3S. The first-order chi connectivity index (χ1) is 9.56. The molecule has 0 saturated carbocycles. The van der Waals surface area contributed by atoms with Gasteiger partial charge in [-0.15, -0.1) is 0 Å². The van der Waals surface area contributed by atoms with E-state index in [1.165, 1.54) is 29.9 Å². The summed E-state index contributed by atoms with van der Waals surface area (Å²) < 4.78 is 31.2. The molecule has 6 nitrogen and oxygen atoms in total. The van der Waals surface area contributed by atoms with Crippen LogP contribution < -0.4 is 5.73 Å². The number of nitrogens with two attached hydrogens (primary N) is 1. The molecule has 7 heteroatoms. The molecule has 0 aliphatic carbocycles. The van der Waals surface area contributed by atoms with Crippen molar-refractivity contribution in [1.29, 1.82) is 0 Å². The van der Waals surface area contributed by atoms with E-state index >= 15 is 0 Å². The SMILES string of the molecule is CCN(CCOC)S(=O)(=O)c1cncc(C#CCN)c1. The lowest BCUT2D eigenvalue weighted by atomic mass is 10.3. The Morgan fingerprint density at radius 3 is 2.80 bits per heavy atom. The molecule has 2 N–H and O–H groups in total. The van der Waals surface area contributed by atoms with Crippen LogP contribution in [0.2, 0.25) is 0 Å². The number of hydrogen-bond donors (Lipinski definition) is 1. The number of methoxy groups -OCH3 is 1. The van der Waals surface area contributed by atoms with Crippen molar-refractivity contribution in [3.63, 3.8) is 0 Å². The smallest absolute Gasteiger partial charge is 0.244 e. The first-order valence-corrected chi connectivity index (χ1v) is 7.63. The lowest BCUT2D eigenvalue weighted by Crippen LogP contribution is -2.33. The summed E-state index contributed by atoms with van der Waals surface area (Å²) >= 11 is 0. The summed E-state index contributed by atoms with van der Waals surface area (Å²) in [6.45, 7) is 3.00. The first kappa shape index (κ1) is 16.6. The third kappa shape index (κ3) is 4.28. The second-order valence-electron chi connectivity index (χ2n) is 3.90. The van der Waals surface area contributed by atoms with Gasteiger partial charge in [0.2, 0.25) is 10.0 Å². The van der Waals surface area contributed by atoms with E-state index < -0.39 is 10.0 Å². The molecule has 0 aromatic carbocycles. The van der Waals surface area contributed by atoms with Gasteiger partial charge in [-0.3, -0.25) is 4.98 Å². The van der Waals surface area contributed by atoms with Gasteiger partial charge in [-0.2, -0.15) is 4.31 Å². The largest absolute Gasteiger partial charge is 0.383 e. The van der Waals surface area contributed by atoms with Crippen molar-refractivity contribution in [2.45, 2.75) is 11.8 Å². The van der Waals surface area contributed by atoms with Crippen molar-refractivity contribution >= 4 is 10.0 Å². The fraction of sp³-hybridized carbons (Fsp3) is 0.462. The number of rotatable bonds is 6. The number of hydrogen-bond acceptors (Lipinski definition) is 5. The minimum Gasteiger partial charge on any atom is -0.383 e. The minimum absolute atomic E-state index is 0.124. The fourth-order valence-electron chi connectivity index (χ4n) is 1.57. The first-order valence-electron chi connectivity index (χ1n) is 6.19. The van der Waals surface area contributed by atoms with Crippen molar-refractivity contribution in [2.24, 2.45) is 5.73 Å². The van der Waals surface area contributed by atoms with Crippen LogP contribution in [-0.4, -0.2) is 51.1 Å². The Morgan fingerprint density at radius 2 is 2.20 bits per heavy atom. The second-order valence-corrected chi connectivity index (χ2v) is 5.84. The van der Waals surface area contributed by atoms with E-state index in [2.05, 4.69) is 16.8 Å². The second kappa shape index (κ2) is 7.97. The van der Waals surface area contributed by atoms with Gasteiger partial charge in [0.1, 0.15) is 4.90 Å². The molecule has 110 valence electrons. The maximum Gasteiger partial charge on any atom is 0.244 e. The number of nitrogens with zero attached hydrogens (tertiary/aromatic N) is 2. The number of pyridine rings is 1. The summed E-state index contributed by atoms with van der Waals surface area (Å²) in [5.41, 5.74) is 5.82. The van der Waals surface area contributed by atoms with E-state index in [9.17, 15) is 8.42 Å². The molecular weight excluding hydrogens is 278 g/mol. The molecule has 0 aliphatic rings. The zero-order valence-electron chi connectivity index (χ0n) is 11.7. The van der Waals surface area contributed by atoms with Crippen LogP contribution in [0.15, 0.2) is 23.4 Å². The lowest BCUT2D eigenvalue weighted by molar-refractivity contribution is 0.180. The Labute approximate surface area is 120 Å². The third-order valence-electron chi connectivity index (χ3n) is 2.58. The summed E-state index contributed by atoms with van der Waals surface area (Å²) in [5, 5.41) is 0. The molecule has 20 heavy (non-hydrogen) atoms. The van der Waals surface area contributed by atoms with E-state index in [0.29, 0.717) is 25.3 Å². The number of sulfonamides is 1. The van der Waals surface area contributed by atoms with Crippen molar-refractivity contribution < 1.29 is 13.2 Å². The average Bonchev–Trinajstić information content (AvgIpc) is 2.46. The minimum atomic E-state index is -3.58. The Morgan fingerprint density at radius 1 is 1.45 bits per heavy atom. The predicted octanol–water partition coefficient (Wildman–Crippen LogP) is 0.0488. The summed E-state index contributed by atoms with van der Waals surface area (Å²) in [6.07, 6.45) is 2.82.